The van der Waals surface area contributed by atoms with Gasteiger partial charge in [0.2, 0.25) is 5.91 Å². The van der Waals surface area contributed by atoms with Crippen LogP contribution in [0.2, 0.25) is 0 Å². The van der Waals surface area contributed by atoms with Crippen molar-refractivity contribution in [1.29, 1.82) is 5.26 Å². The predicted octanol–water partition coefficient (Wildman–Crippen LogP) is 0.225. The van der Waals surface area contributed by atoms with Gasteiger partial charge < -0.3 is 24.9 Å². The van der Waals surface area contributed by atoms with E-state index in [1.165, 1.54) is 24.3 Å². The Morgan fingerprint density at radius 2 is 2.06 bits per heavy atom. The number of carbonyl (C=O) groups is 1. The Morgan fingerprint density at radius 3 is 2.75 bits per heavy atom. The van der Waals surface area contributed by atoms with Gasteiger partial charge in [0.05, 0.1) is 36.4 Å². The number of amides is 1. The number of aliphatic hydroxyl groups is 1. The lowest BCUT2D eigenvalue weighted by Crippen LogP contribution is -2.47. The second-order valence-electron chi connectivity index (χ2n) is 9.23. The Bertz CT molecular complexity index is 1410. The van der Waals surface area contributed by atoms with Gasteiger partial charge in [0.1, 0.15) is 27.6 Å². The van der Waals surface area contributed by atoms with E-state index in [-0.39, 0.29) is 41.0 Å². The summed E-state index contributed by atoms with van der Waals surface area (Å²) < 4.78 is 26.1. The molecule has 0 aliphatic carbocycles. The third-order valence-corrected chi connectivity index (χ3v) is 6.69. The number of oxazole rings is 1. The number of nitrogens with zero attached hydrogens (tertiary/aromatic N) is 2. The minimum atomic E-state index is -2.48. The number of nitrogens with one attached hydrogen (secondary N) is 2. The molecule has 0 saturated carbocycles. The summed E-state index contributed by atoms with van der Waals surface area (Å²) in [7, 11) is 10.9. The van der Waals surface area contributed by atoms with E-state index in [1.54, 1.807) is 12.1 Å². The molecule has 36 heavy (non-hydrogen) atoms. The normalized spacial score (nSPS) is 22.3. The molecule has 1 aromatic heterocycles. The van der Waals surface area contributed by atoms with E-state index < -0.39 is 29.2 Å². The van der Waals surface area contributed by atoms with E-state index in [1.807, 2.05) is 6.07 Å². The fourth-order valence-electron chi connectivity index (χ4n) is 4.88. The SMILES string of the molecule is [B]C([B])(O)n1c(=O)oc2ccc(-c3ccc(C[C@@H](C#N)NC(=O)[C@@H]4C[C@@H]5COC[C@@H]5N4)c(F)c3)cc21. The van der Waals surface area contributed by atoms with Crippen LogP contribution in [0, 0.1) is 23.1 Å². The first-order valence-electron chi connectivity index (χ1n) is 11.4. The Kier molecular flexibility index (Phi) is 6.24. The van der Waals surface area contributed by atoms with Gasteiger partial charge >= 0.3 is 5.76 Å². The minimum Gasteiger partial charge on any atom is -0.408 e. The second kappa shape index (κ2) is 9.24. The highest BCUT2D eigenvalue weighted by atomic mass is 19.1. The molecule has 5 rings (SSSR count). The van der Waals surface area contributed by atoms with Gasteiger partial charge in [-0.25, -0.2) is 9.18 Å². The number of halogens is 1. The third kappa shape index (κ3) is 4.57. The first-order chi connectivity index (χ1) is 17.1. The molecule has 2 saturated heterocycles. The van der Waals surface area contributed by atoms with Crippen molar-refractivity contribution in [1.82, 2.24) is 15.2 Å². The van der Waals surface area contributed by atoms with Crippen LogP contribution >= 0.6 is 0 Å². The van der Waals surface area contributed by atoms with Crippen molar-refractivity contribution in [2.24, 2.45) is 5.92 Å². The van der Waals surface area contributed by atoms with Crippen molar-refractivity contribution >= 4 is 32.7 Å². The molecular formula is C24H21B2FN4O5. The molecule has 2 aliphatic heterocycles. The minimum absolute atomic E-state index is 0.00920. The lowest BCUT2D eigenvalue weighted by Gasteiger charge is -2.19. The van der Waals surface area contributed by atoms with Crippen molar-refractivity contribution in [3.8, 4) is 17.2 Å². The van der Waals surface area contributed by atoms with E-state index in [0.717, 1.165) is 0 Å². The number of benzene rings is 2. The molecule has 12 heteroatoms. The molecule has 180 valence electrons. The van der Waals surface area contributed by atoms with E-state index in [2.05, 4.69) is 10.6 Å². The molecule has 3 heterocycles. The monoisotopic (exact) mass is 486 g/mol. The first-order valence-corrected chi connectivity index (χ1v) is 11.4. The molecular weight excluding hydrogens is 465 g/mol. The Hall–Kier alpha value is -3.39. The summed E-state index contributed by atoms with van der Waals surface area (Å²) in [6.07, 6.45) is 0.628. The number of hydrogen-bond donors (Lipinski definition) is 3. The molecule has 0 bridgehead atoms. The summed E-state index contributed by atoms with van der Waals surface area (Å²) in [5, 5.41) is 25.4. The third-order valence-electron chi connectivity index (χ3n) is 6.69. The molecule has 2 fully saturated rings. The van der Waals surface area contributed by atoms with E-state index in [9.17, 15) is 20.0 Å². The summed E-state index contributed by atoms with van der Waals surface area (Å²) in [5.74, 6) is -1.51. The van der Waals surface area contributed by atoms with Crippen LogP contribution in [-0.2, 0) is 21.5 Å². The number of fused-ring (bicyclic) bond motifs is 2. The van der Waals surface area contributed by atoms with Gasteiger partial charge in [-0.05, 0) is 41.3 Å². The summed E-state index contributed by atoms with van der Waals surface area (Å²) in [6.45, 7) is 1.18. The van der Waals surface area contributed by atoms with Crippen molar-refractivity contribution in [2.75, 3.05) is 13.2 Å². The van der Waals surface area contributed by atoms with Gasteiger partial charge in [0.25, 0.3) is 0 Å². The largest absolute Gasteiger partial charge is 0.420 e. The molecule has 2 aromatic carbocycles. The summed E-state index contributed by atoms with van der Waals surface area (Å²) in [5.41, 5.74) is -0.951. The number of ether oxygens (including phenoxy) is 1. The molecule has 3 N–H and O–H groups in total. The van der Waals surface area contributed by atoms with Gasteiger partial charge in [-0.2, -0.15) is 5.26 Å². The zero-order valence-electron chi connectivity index (χ0n) is 19.1. The topological polar surface area (TPSA) is 130 Å². The van der Waals surface area contributed by atoms with Crippen LogP contribution < -0.4 is 16.4 Å². The summed E-state index contributed by atoms with van der Waals surface area (Å²) in [6, 6.07) is 9.93. The highest BCUT2D eigenvalue weighted by molar-refractivity contribution is 6.36. The van der Waals surface area contributed by atoms with Crippen LogP contribution in [0.15, 0.2) is 45.6 Å². The Labute approximate surface area is 208 Å². The van der Waals surface area contributed by atoms with Crippen LogP contribution in [0.25, 0.3) is 22.2 Å². The van der Waals surface area contributed by atoms with Gasteiger partial charge in [-0.15, -0.1) is 0 Å². The van der Waals surface area contributed by atoms with Gasteiger partial charge in [0.15, 0.2) is 5.58 Å². The van der Waals surface area contributed by atoms with E-state index in [0.29, 0.717) is 35.3 Å². The molecule has 2 aliphatic rings. The number of hydrogen-bond acceptors (Lipinski definition) is 7. The maximum Gasteiger partial charge on any atom is 0.420 e. The average Bonchev–Trinajstić information content (AvgIpc) is 3.51. The number of rotatable bonds is 6. The van der Waals surface area contributed by atoms with E-state index >= 15 is 4.39 Å². The van der Waals surface area contributed by atoms with E-state index in [4.69, 9.17) is 24.8 Å². The maximum atomic E-state index is 15.0. The lowest BCUT2D eigenvalue weighted by molar-refractivity contribution is -0.123. The fourth-order valence-corrected chi connectivity index (χ4v) is 4.88. The molecule has 0 spiro atoms. The Morgan fingerprint density at radius 1 is 1.31 bits per heavy atom. The molecule has 4 atom stereocenters. The smallest absolute Gasteiger partial charge is 0.408 e. The van der Waals surface area contributed by atoms with Crippen LogP contribution in [0.1, 0.15) is 12.0 Å². The van der Waals surface area contributed by atoms with Gasteiger partial charge in [-0.3, -0.25) is 9.36 Å². The number of carbonyl (C=O) groups excluding carboxylic acids is 1. The van der Waals surface area contributed by atoms with Crippen LogP contribution in [0.5, 0.6) is 0 Å². The standard InChI is InChI=1S/C24H21B2FN4O5/c25-24(26,34)31-20-8-13(3-4-21(20)36-23(31)33)12-1-2-14(17(27)6-12)5-16(9-28)29-22(32)18-7-15-10-35-11-19(15)30-18/h1-4,6,8,15-16,18-19,30,34H,5,7,10-11H2,(H,29,32)/t15-,16+,18+,19+/m1/s1. The first kappa shape index (κ1) is 24.3. The number of nitriles is 1. The number of aromatic nitrogens is 1. The van der Waals surface area contributed by atoms with Gasteiger partial charge in [-0.1, -0.05) is 18.2 Å². The summed E-state index contributed by atoms with van der Waals surface area (Å²) >= 11 is 0. The quantitative estimate of drug-likeness (QED) is 0.426. The Balaban J connectivity index is 1.32. The highest BCUT2D eigenvalue weighted by Gasteiger charge is 2.41. The van der Waals surface area contributed by atoms with Gasteiger partial charge in [0, 0.05) is 18.4 Å². The van der Waals surface area contributed by atoms with Crippen molar-refractivity contribution in [2.45, 2.75) is 36.5 Å². The zero-order valence-corrected chi connectivity index (χ0v) is 19.1. The highest BCUT2D eigenvalue weighted by Crippen LogP contribution is 2.28. The average molecular weight is 486 g/mol. The molecule has 4 radical (unpaired) electrons. The van der Waals surface area contributed by atoms with Crippen molar-refractivity contribution in [3.63, 3.8) is 0 Å². The van der Waals surface area contributed by atoms with Crippen LogP contribution in [-0.4, -0.2) is 62.6 Å². The zero-order chi connectivity index (χ0) is 25.6. The van der Waals surface area contributed by atoms with Crippen molar-refractivity contribution < 1.29 is 23.4 Å². The predicted molar refractivity (Wildman–Crippen MR) is 128 cm³/mol. The molecule has 1 amide bonds. The van der Waals surface area contributed by atoms with Crippen molar-refractivity contribution in [3.05, 3.63) is 58.3 Å². The van der Waals surface area contributed by atoms with Crippen LogP contribution in [0.4, 0.5) is 4.39 Å². The lowest BCUT2D eigenvalue weighted by atomic mass is 9.73. The maximum absolute atomic E-state index is 15.0. The molecule has 3 aromatic rings. The summed E-state index contributed by atoms with van der Waals surface area (Å²) in [4.78, 5) is 24.7. The fraction of sp³-hybridized carbons (Fsp3) is 0.375. The molecule has 9 nitrogen and oxygen atoms in total. The van der Waals surface area contributed by atoms with Crippen LogP contribution in [0.3, 0.4) is 0 Å². The second-order valence-corrected chi connectivity index (χ2v) is 9.23. The molecule has 0 unspecified atom stereocenters.